The average Bonchev–Trinajstić information content (AvgIpc) is 2.87. The van der Waals surface area contributed by atoms with Gasteiger partial charge in [0.1, 0.15) is 4.60 Å². The highest BCUT2D eigenvalue weighted by Gasteiger charge is 2.19. The van der Waals surface area contributed by atoms with E-state index in [1.807, 2.05) is 12.3 Å². The second-order valence-corrected chi connectivity index (χ2v) is 3.96. The Bertz CT molecular complexity index is 254. The van der Waals surface area contributed by atoms with Gasteiger partial charge in [0, 0.05) is 18.8 Å². The quantitative estimate of drug-likeness (QED) is 0.800. The van der Waals surface area contributed by atoms with Crippen LogP contribution in [0.25, 0.3) is 0 Å². The molecular formula is C9H11BrN2. The molecule has 1 fully saturated rings. The summed E-state index contributed by atoms with van der Waals surface area (Å²) in [6.45, 7) is 0.949. The van der Waals surface area contributed by atoms with Crippen molar-refractivity contribution in [3.63, 3.8) is 0 Å². The van der Waals surface area contributed by atoms with Crippen molar-refractivity contribution in [3.8, 4) is 0 Å². The minimum Gasteiger partial charge on any atom is -0.310 e. The third-order valence-corrected chi connectivity index (χ3v) is 2.43. The average molecular weight is 227 g/mol. The number of halogens is 1. The predicted octanol–water partition coefficient (Wildman–Crippen LogP) is 2.10. The molecule has 12 heavy (non-hydrogen) atoms. The second-order valence-electron chi connectivity index (χ2n) is 3.14. The van der Waals surface area contributed by atoms with Crippen molar-refractivity contribution in [2.45, 2.75) is 25.4 Å². The zero-order chi connectivity index (χ0) is 8.39. The van der Waals surface area contributed by atoms with Gasteiger partial charge < -0.3 is 5.32 Å². The molecule has 0 amide bonds. The molecular weight excluding hydrogens is 216 g/mol. The van der Waals surface area contributed by atoms with Crippen LogP contribution in [0, 0.1) is 0 Å². The zero-order valence-corrected chi connectivity index (χ0v) is 8.34. The maximum absolute atomic E-state index is 4.15. The lowest BCUT2D eigenvalue weighted by molar-refractivity contribution is 0.685. The van der Waals surface area contributed by atoms with Gasteiger partial charge in [0.05, 0.1) is 0 Å². The number of aromatic nitrogens is 1. The highest BCUT2D eigenvalue weighted by atomic mass is 79.9. The Balaban J connectivity index is 1.89. The first-order valence-corrected chi connectivity index (χ1v) is 4.98. The van der Waals surface area contributed by atoms with Gasteiger partial charge in [-0.25, -0.2) is 4.98 Å². The number of pyridine rings is 1. The van der Waals surface area contributed by atoms with Gasteiger partial charge in [-0.3, -0.25) is 0 Å². The van der Waals surface area contributed by atoms with E-state index in [0.717, 1.165) is 17.2 Å². The maximum Gasteiger partial charge on any atom is 0.106 e. The van der Waals surface area contributed by atoms with Gasteiger partial charge in [-0.15, -0.1) is 0 Å². The van der Waals surface area contributed by atoms with E-state index in [-0.39, 0.29) is 0 Å². The van der Waals surface area contributed by atoms with Crippen LogP contribution in [0.15, 0.2) is 22.9 Å². The SMILES string of the molecule is Brc1ccc(CNC2CC2)cn1. The Kier molecular flexibility index (Phi) is 2.42. The normalized spacial score (nSPS) is 16.4. The minimum absolute atomic E-state index is 0.772. The lowest BCUT2D eigenvalue weighted by atomic mass is 10.3. The molecule has 1 saturated carbocycles. The molecule has 0 bridgehead atoms. The number of hydrogen-bond donors (Lipinski definition) is 1. The number of rotatable bonds is 3. The first kappa shape index (κ1) is 8.20. The van der Waals surface area contributed by atoms with Crippen molar-refractivity contribution in [1.29, 1.82) is 0 Å². The Labute approximate surface area is 80.5 Å². The summed E-state index contributed by atoms with van der Waals surface area (Å²) in [5.74, 6) is 0. The smallest absolute Gasteiger partial charge is 0.106 e. The van der Waals surface area contributed by atoms with Crippen LogP contribution >= 0.6 is 15.9 Å². The molecule has 0 spiro atoms. The standard InChI is InChI=1S/C9H11BrN2/c10-9-4-1-7(6-12-9)5-11-8-2-3-8/h1,4,6,8,11H,2-3,5H2. The predicted molar refractivity (Wildman–Crippen MR) is 51.8 cm³/mol. The van der Waals surface area contributed by atoms with Crippen LogP contribution in [0.5, 0.6) is 0 Å². The minimum atomic E-state index is 0.772. The fourth-order valence-corrected chi connectivity index (χ4v) is 1.30. The lowest BCUT2D eigenvalue weighted by Crippen LogP contribution is -2.15. The zero-order valence-electron chi connectivity index (χ0n) is 6.76. The van der Waals surface area contributed by atoms with Gasteiger partial charge in [-0.05, 0) is 40.4 Å². The third-order valence-electron chi connectivity index (χ3n) is 1.96. The first-order valence-electron chi connectivity index (χ1n) is 4.18. The maximum atomic E-state index is 4.15. The molecule has 2 rings (SSSR count). The Hall–Kier alpha value is -0.410. The van der Waals surface area contributed by atoms with Gasteiger partial charge >= 0.3 is 0 Å². The van der Waals surface area contributed by atoms with Crippen LogP contribution in [0.4, 0.5) is 0 Å². The van der Waals surface area contributed by atoms with E-state index in [2.05, 4.69) is 32.3 Å². The van der Waals surface area contributed by atoms with Crippen LogP contribution in [-0.2, 0) is 6.54 Å². The molecule has 3 heteroatoms. The van der Waals surface area contributed by atoms with E-state index in [4.69, 9.17) is 0 Å². The van der Waals surface area contributed by atoms with Crippen LogP contribution in [0.1, 0.15) is 18.4 Å². The number of nitrogens with zero attached hydrogens (tertiary/aromatic N) is 1. The Morgan fingerprint density at radius 3 is 2.92 bits per heavy atom. The fourth-order valence-electron chi connectivity index (χ4n) is 1.06. The van der Waals surface area contributed by atoms with Crippen molar-refractivity contribution in [1.82, 2.24) is 10.3 Å². The van der Waals surface area contributed by atoms with E-state index in [1.54, 1.807) is 0 Å². The van der Waals surface area contributed by atoms with Crippen LogP contribution in [-0.4, -0.2) is 11.0 Å². The molecule has 1 N–H and O–H groups in total. The van der Waals surface area contributed by atoms with Crippen molar-refractivity contribution in [2.75, 3.05) is 0 Å². The summed E-state index contributed by atoms with van der Waals surface area (Å²) in [5, 5.41) is 3.44. The fraction of sp³-hybridized carbons (Fsp3) is 0.444. The molecule has 0 radical (unpaired) electrons. The third kappa shape index (κ3) is 2.29. The largest absolute Gasteiger partial charge is 0.310 e. The molecule has 1 aromatic rings. The molecule has 0 saturated heterocycles. The molecule has 1 aliphatic rings. The van der Waals surface area contributed by atoms with E-state index in [0.29, 0.717) is 0 Å². The van der Waals surface area contributed by atoms with Crippen LogP contribution < -0.4 is 5.32 Å². The van der Waals surface area contributed by atoms with Gasteiger partial charge in [0.2, 0.25) is 0 Å². The van der Waals surface area contributed by atoms with Gasteiger partial charge in [0.15, 0.2) is 0 Å². The molecule has 64 valence electrons. The Morgan fingerprint density at radius 1 is 1.50 bits per heavy atom. The summed E-state index contributed by atoms with van der Waals surface area (Å²) < 4.78 is 0.901. The topological polar surface area (TPSA) is 24.9 Å². The summed E-state index contributed by atoms with van der Waals surface area (Å²) in [5.41, 5.74) is 1.25. The summed E-state index contributed by atoms with van der Waals surface area (Å²) in [7, 11) is 0. The molecule has 1 heterocycles. The molecule has 1 aromatic heterocycles. The molecule has 0 unspecified atom stereocenters. The van der Waals surface area contributed by atoms with Crippen LogP contribution in [0.2, 0.25) is 0 Å². The van der Waals surface area contributed by atoms with E-state index < -0.39 is 0 Å². The summed E-state index contributed by atoms with van der Waals surface area (Å²) in [4.78, 5) is 4.15. The highest BCUT2D eigenvalue weighted by molar-refractivity contribution is 9.10. The van der Waals surface area contributed by atoms with Gasteiger partial charge in [-0.2, -0.15) is 0 Å². The van der Waals surface area contributed by atoms with Gasteiger partial charge in [-0.1, -0.05) is 6.07 Å². The van der Waals surface area contributed by atoms with Crippen molar-refractivity contribution in [3.05, 3.63) is 28.5 Å². The first-order chi connectivity index (χ1) is 5.84. The second kappa shape index (κ2) is 3.54. The lowest BCUT2D eigenvalue weighted by Gasteiger charge is -2.01. The highest BCUT2D eigenvalue weighted by Crippen LogP contribution is 2.19. The van der Waals surface area contributed by atoms with E-state index in [1.165, 1.54) is 18.4 Å². The molecule has 0 atom stereocenters. The summed E-state index contributed by atoms with van der Waals surface area (Å²) >= 11 is 3.31. The number of hydrogen-bond acceptors (Lipinski definition) is 2. The van der Waals surface area contributed by atoms with Crippen molar-refractivity contribution in [2.24, 2.45) is 0 Å². The van der Waals surface area contributed by atoms with Crippen molar-refractivity contribution >= 4 is 15.9 Å². The van der Waals surface area contributed by atoms with Gasteiger partial charge in [0.25, 0.3) is 0 Å². The molecule has 1 aliphatic carbocycles. The number of nitrogens with one attached hydrogen (secondary N) is 1. The van der Waals surface area contributed by atoms with E-state index in [9.17, 15) is 0 Å². The Morgan fingerprint density at radius 2 is 2.33 bits per heavy atom. The molecule has 0 aromatic carbocycles. The monoisotopic (exact) mass is 226 g/mol. The molecule has 0 aliphatic heterocycles. The van der Waals surface area contributed by atoms with Crippen LogP contribution in [0.3, 0.4) is 0 Å². The van der Waals surface area contributed by atoms with E-state index >= 15 is 0 Å². The summed E-state index contributed by atoms with van der Waals surface area (Å²) in [6.07, 6.45) is 4.58. The summed E-state index contributed by atoms with van der Waals surface area (Å²) in [6, 6.07) is 4.84. The van der Waals surface area contributed by atoms with Crippen molar-refractivity contribution < 1.29 is 0 Å². The molecule has 2 nitrogen and oxygen atoms in total.